The lowest BCUT2D eigenvalue weighted by Gasteiger charge is -2.61. The number of rotatable bonds is 18. The normalized spacial score (nSPS) is 28.7. The number of hydrogen-bond donors (Lipinski definition) is 6. The Morgan fingerprint density at radius 1 is 0.616 bits per heavy atom. The van der Waals surface area contributed by atoms with Crippen LogP contribution in [0.5, 0.6) is 0 Å². The molecular weight excluding hydrogens is 921 g/mol. The highest BCUT2D eigenvalue weighted by Crippen LogP contribution is 2.68. The summed E-state index contributed by atoms with van der Waals surface area (Å²) in [6.45, 7) is 12.3. The van der Waals surface area contributed by atoms with E-state index in [1.54, 1.807) is 12.5 Å². The van der Waals surface area contributed by atoms with Gasteiger partial charge >= 0.3 is 0 Å². The van der Waals surface area contributed by atoms with Gasteiger partial charge in [0.25, 0.3) is 0 Å². The van der Waals surface area contributed by atoms with Gasteiger partial charge in [0, 0.05) is 22.3 Å². The Bertz CT molecular complexity index is 2590. The summed E-state index contributed by atoms with van der Waals surface area (Å²) in [5.41, 5.74) is -11.5. The van der Waals surface area contributed by atoms with E-state index >= 15 is 0 Å². The van der Waals surface area contributed by atoms with Gasteiger partial charge in [-0.3, -0.25) is 24.0 Å². The van der Waals surface area contributed by atoms with Gasteiger partial charge in [0.2, 0.25) is 28.6 Å². The molecule has 73 heavy (non-hydrogen) atoms. The second-order valence-corrected chi connectivity index (χ2v) is 22.5. The number of fused-ring (bicyclic) bond motifs is 5. The maximum atomic E-state index is 14.2. The largest absolute Gasteiger partial charge is 0.516 e. The maximum absolute atomic E-state index is 14.2. The second-order valence-electron chi connectivity index (χ2n) is 22.5. The minimum absolute atomic E-state index is 0.197. The van der Waals surface area contributed by atoms with Crippen molar-refractivity contribution in [2.24, 2.45) is 52.3 Å². The van der Waals surface area contributed by atoms with Gasteiger partial charge in [0.1, 0.15) is 12.2 Å². The molecular formula is C62H76O11. The molecule has 4 fully saturated rings. The van der Waals surface area contributed by atoms with Gasteiger partial charge in [-0.25, -0.2) is 0 Å². The monoisotopic (exact) mass is 997 g/mol. The third-order valence-electron chi connectivity index (χ3n) is 18.8. The molecule has 11 heteroatoms. The van der Waals surface area contributed by atoms with Crippen LogP contribution in [0.15, 0.2) is 133 Å². The number of hydrogen-bond acceptors (Lipinski definition) is 11. The summed E-state index contributed by atoms with van der Waals surface area (Å²) in [5.74, 6) is 0.0616. The first-order valence-corrected chi connectivity index (χ1v) is 26.4. The number of aldehydes is 1. The molecule has 0 spiro atoms. The van der Waals surface area contributed by atoms with Crippen LogP contribution in [0.3, 0.4) is 0 Å². The van der Waals surface area contributed by atoms with E-state index < -0.39 is 75.1 Å². The summed E-state index contributed by atoms with van der Waals surface area (Å²) in [4.78, 5) is 68.2. The third kappa shape index (κ3) is 10.0. The number of benzene rings is 4. The molecule has 4 aliphatic carbocycles. The fourth-order valence-electron chi connectivity index (χ4n) is 14.4. The van der Waals surface area contributed by atoms with Crippen LogP contribution in [-0.2, 0) is 4.79 Å². The zero-order valence-corrected chi connectivity index (χ0v) is 43.1. The van der Waals surface area contributed by atoms with Crippen LogP contribution in [0, 0.1) is 52.3 Å². The highest BCUT2D eigenvalue weighted by molar-refractivity contribution is 6.23. The second kappa shape index (κ2) is 22.6. The summed E-state index contributed by atoms with van der Waals surface area (Å²) in [6.07, 6.45) is 12.7. The van der Waals surface area contributed by atoms with E-state index in [0.29, 0.717) is 16.7 Å². The van der Waals surface area contributed by atoms with Crippen molar-refractivity contribution in [3.05, 3.63) is 155 Å². The van der Waals surface area contributed by atoms with E-state index in [1.807, 2.05) is 0 Å². The van der Waals surface area contributed by atoms with Gasteiger partial charge in [-0.15, -0.1) is 0 Å². The first kappa shape index (κ1) is 55.3. The molecule has 0 radical (unpaired) electrons. The fraction of sp³-hybridized carbons (Fsp3) is 0.500. The van der Waals surface area contributed by atoms with Crippen molar-refractivity contribution in [1.29, 1.82) is 0 Å². The van der Waals surface area contributed by atoms with Gasteiger partial charge in [0.05, 0.1) is 6.26 Å². The summed E-state index contributed by atoms with van der Waals surface area (Å²) in [5, 5.41) is 68.5. The number of aliphatic hydroxyl groups is 6. The van der Waals surface area contributed by atoms with Crippen molar-refractivity contribution >= 4 is 29.4 Å². The summed E-state index contributed by atoms with van der Waals surface area (Å²) < 4.78 is 0. The van der Waals surface area contributed by atoms with Crippen LogP contribution in [0.1, 0.15) is 153 Å². The van der Waals surface area contributed by atoms with Crippen molar-refractivity contribution in [2.75, 3.05) is 0 Å². The predicted octanol–water partition coefficient (Wildman–Crippen LogP) is 10.2. The van der Waals surface area contributed by atoms with Crippen molar-refractivity contribution in [3.63, 3.8) is 0 Å². The van der Waals surface area contributed by atoms with E-state index in [2.05, 4.69) is 34.6 Å². The fourth-order valence-corrected chi connectivity index (χ4v) is 14.4. The van der Waals surface area contributed by atoms with Gasteiger partial charge in [-0.2, -0.15) is 0 Å². The third-order valence-corrected chi connectivity index (χ3v) is 18.8. The Balaban J connectivity index is 0.000000232. The smallest absolute Gasteiger partial charge is 0.222 e. The van der Waals surface area contributed by atoms with Crippen LogP contribution in [0.25, 0.3) is 0 Å². The van der Waals surface area contributed by atoms with Crippen molar-refractivity contribution < 1.29 is 54.6 Å². The number of carbonyl (C=O) groups excluding carboxylic acids is 5. The average molecular weight is 997 g/mol. The molecule has 4 saturated carbocycles. The lowest BCUT2D eigenvalue weighted by Crippen LogP contribution is -2.81. The maximum Gasteiger partial charge on any atom is 0.222 e. The molecule has 14 atom stereocenters. The summed E-state index contributed by atoms with van der Waals surface area (Å²) in [7, 11) is 0. The average Bonchev–Trinajstić information content (AvgIpc) is 3.80. The Kier molecular flexibility index (Phi) is 17.1. The van der Waals surface area contributed by atoms with Crippen molar-refractivity contribution in [1.82, 2.24) is 0 Å². The van der Waals surface area contributed by atoms with E-state index in [1.165, 1.54) is 156 Å². The van der Waals surface area contributed by atoms with Gasteiger partial charge in [-0.1, -0.05) is 162 Å². The molecule has 2 unspecified atom stereocenters. The zero-order valence-electron chi connectivity index (χ0n) is 43.1. The number of allylic oxidation sites excluding steroid dienone is 1. The molecule has 4 aliphatic rings. The Morgan fingerprint density at radius 3 is 1.66 bits per heavy atom. The molecule has 11 nitrogen and oxygen atoms in total. The highest BCUT2D eigenvalue weighted by atomic mass is 16.4. The minimum Gasteiger partial charge on any atom is -0.516 e. The topological polar surface area (TPSA) is 207 Å². The van der Waals surface area contributed by atoms with Gasteiger partial charge in [0.15, 0.2) is 17.7 Å². The highest BCUT2D eigenvalue weighted by Gasteiger charge is 2.76. The number of aliphatic hydroxyl groups excluding tert-OH is 3. The van der Waals surface area contributed by atoms with Crippen LogP contribution in [0.4, 0.5) is 0 Å². The molecule has 0 bridgehead atoms. The number of ketones is 4. The van der Waals surface area contributed by atoms with Crippen LogP contribution < -0.4 is 0 Å². The number of Topliss-reactive ketones (excluding diaryl/α,β-unsaturated/α-hetero) is 4. The molecule has 8 rings (SSSR count). The first-order chi connectivity index (χ1) is 34.8. The van der Waals surface area contributed by atoms with Crippen LogP contribution in [-0.4, -0.2) is 89.1 Å². The van der Waals surface area contributed by atoms with Crippen LogP contribution in [0.2, 0.25) is 0 Å². The SMILES string of the molecule is CC(=CO)[C@@H](C)CC[C@@H](C)[C@H]1CC[C@H]2[C@@H]3CCC4CCCC[C@]4(C)[C@H]3CC[C@]12C.O=C[C@@](O)(C(=O)c1ccccc1)[C@](O)(C(=O)c1ccccc1)[C@](O)(C(=O)c1ccccc1)[C@H](O)C(O)C(=O)c1ccccc1. The molecule has 0 saturated heterocycles. The number of carbonyl (C=O) groups is 5. The predicted molar refractivity (Wildman–Crippen MR) is 280 cm³/mol. The van der Waals surface area contributed by atoms with E-state index in [-0.39, 0.29) is 5.56 Å². The summed E-state index contributed by atoms with van der Waals surface area (Å²) in [6, 6.07) is 26.0. The lowest BCUT2D eigenvalue weighted by atomic mass is 9.44. The van der Waals surface area contributed by atoms with Crippen LogP contribution >= 0.6 is 0 Å². The summed E-state index contributed by atoms with van der Waals surface area (Å²) >= 11 is 0. The molecule has 0 heterocycles. The van der Waals surface area contributed by atoms with E-state index in [9.17, 15) is 54.6 Å². The quantitative estimate of drug-likeness (QED) is 0.0239. The van der Waals surface area contributed by atoms with E-state index in [0.717, 1.165) is 77.5 Å². The lowest BCUT2D eigenvalue weighted by molar-refractivity contribution is -0.215. The molecule has 4 aromatic rings. The molecule has 390 valence electrons. The molecule has 0 amide bonds. The minimum atomic E-state index is -4.25. The Morgan fingerprint density at radius 2 is 1.12 bits per heavy atom. The first-order valence-electron chi connectivity index (χ1n) is 26.4. The Hall–Kier alpha value is -5.43. The van der Waals surface area contributed by atoms with Gasteiger partial charge in [-0.05, 0) is 129 Å². The van der Waals surface area contributed by atoms with Gasteiger partial charge < -0.3 is 30.6 Å². The molecule has 4 aromatic carbocycles. The molecule has 6 N–H and O–H groups in total. The zero-order chi connectivity index (χ0) is 52.9. The van der Waals surface area contributed by atoms with Crippen molar-refractivity contribution in [3.8, 4) is 0 Å². The molecule has 0 aromatic heterocycles. The van der Waals surface area contributed by atoms with E-state index in [4.69, 9.17) is 0 Å². The Labute approximate surface area is 430 Å². The molecule has 0 aliphatic heterocycles. The van der Waals surface area contributed by atoms with Crippen molar-refractivity contribution in [2.45, 2.75) is 141 Å². The standard InChI is InChI=1S/C34H28O10.C28H48O/c35-21-32(42,28(38)23-15-7-2-8-16-23)34(44,30(40)25-19-11-4-12-20-25)33(43,29(39)24-17-9-3-10-18-24)31(41)27(37)26(36)22-13-5-1-6-14-22;1-19(21(3)18-29)9-10-20(2)24-13-14-25-23-12-11-22-8-6-7-16-27(22,4)26(23)15-17-28(24,25)5/h1-21,27,31,37,41-44H;18-20,22-26,29H,6-17H2,1-5H3/t27?,31-,32-,33+,34-;19-,20+,22?,23-,24+,25-,26-,27-,28+/m10/s1.